The van der Waals surface area contributed by atoms with Crippen LogP contribution in [0.15, 0.2) is 42.5 Å². The molecule has 8 nitrogen and oxygen atoms in total. The second-order valence-electron chi connectivity index (χ2n) is 9.88. The highest BCUT2D eigenvalue weighted by Gasteiger charge is 2.57. The van der Waals surface area contributed by atoms with Crippen LogP contribution in [-0.2, 0) is 11.3 Å². The molecule has 2 aromatic carbocycles. The number of hydrogen-bond donors (Lipinski definition) is 0. The van der Waals surface area contributed by atoms with E-state index in [2.05, 4.69) is 34.1 Å². The summed E-state index contributed by atoms with van der Waals surface area (Å²) in [4.78, 5) is 35.2. The maximum atomic E-state index is 13.8. The van der Waals surface area contributed by atoms with Gasteiger partial charge in [0.05, 0.1) is 19.9 Å². The minimum absolute atomic E-state index is 0.142. The standard InChI is InChI=1S/C28H36N4O4/c1-4-31-27(34)32(23-11-12-24(35-2)25(19-23)36-3)26(33)28(31)13-17-29(18-14-28)20-21-7-9-22(10-8-21)30-15-5-6-16-30/h7-12,19H,4-6,13-18,20H2,1-3H3. The van der Waals surface area contributed by atoms with Crippen molar-refractivity contribution in [2.45, 2.75) is 44.7 Å². The van der Waals surface area contributed by atoms with Crippen molar-refractivity contribution in [2.75, 3.05) is 56.7 Å². The van der Waals surface area contributed by atoms with Gasteiger partial charge in [-0.25, -0.2) is 9.69 Å². The summed E-state index contributed by atoms with van der Waals surface area (Å²) < 4.78 is 10.7. The fraction of sp³-hybridized carbons (Fsp3) is 0.500. The van der Waals surface area contributed by atoms with Gasteiger partial charge < -0.3 is 19.3 Å². The average molecular weight is 493 g/mol. The van der Waals surface area contributed by atoms with E-state index in [0.29, 0.717) is 36.6 Å². The molecular formula is C28H36N4O4. The lowest BCUT2D eigenvalue weighted by Crippen LogP contribution is -2.56. The third kappa shape index (κ3) is 4.17. The Morgan fingerprint density at radius 3 is 2.08 bits per heavy atom. The zero-order valence-corrected chi connectivity index (χ0v) is 21.5. The van der Waals surface area contributed by atoms with Gasteiger partial charge in [0.2, 0.25) is 0 Å². The minimum atomic E-state index is -0.797. The van der Waals surface area contributed by atoms with E-state index in [4.69, 9.17) is 9.47 Å². The molecule has 3 saturated heterocycles. The summed E-state index contributed by atoms with van der Waals surface area (Å²) in [6.07, 6.45) is 3.80. The van der Waals surface area contributed by atoms with Crippen LogP contribution in [0.3, 0.4) is 0 Å². The molecule has 1 spiro atoms. The summed E-state index contributed by atoms with van der Waals surface area (Å²) in [5, 5.41) is 0. The van der Waals surface area contributed by atoms with Crippen LogP contribution in [0.5, 0.6) is 11.5 Å². The molecule has 3 amide bonds. The van der Waals surface area contributed by atoms with Crippen molar-refractivity contribution in [3.63, 3.8) is 0 Å². The number of nitrogens with zero attached hydrogens (tertiary/aromatic N) is 4. The van der Waals surface area contributed by atoms with Crippen molar-refractivity contribution in [3.8, 4) is 11.5 Å². The summed E-state index contributed by atoms with van der Waals surface area (Å²) in [6.45, 7) is 7.12. The number of likely N-dealkylation sites (tertiary alicyclic amines) is 1. The smallest absolute Gasteiger partial charge is 0.332 e. The molecule has 3 aliphatic heterocycles. The Labute approximate surface area is 213 Å². The van der Waals surface area contributed by atoms with Gasteiger partial charge in [-0.2, -0.15) is 0 Å². The van der Waals surface area contributed by atoms with E-state index >= 15 is 0 Å². The Hall–Kier alpha value is -3.26. The number of urea groups is 1. The van der Waals surface area contributed by atoms with Crippen molar-refractivity contribution >= 4 is 23.3 Å². The Morgan fingerprint density at radius 2 is 1.47 bits per heavy atom. The third-order valence-electron chi connectivity index (χ3n) is 7.98. The predicted molar refractivity (Wildman–Crippen MR) is 140 cm³/mol. The van der Waals surface area contributed by atoms with Crippen LogP contribution in [0.2, 0.25) is 0 Å². The summed E-state index contributed by atoms with van der Waals surface area (Å²) >= 11 is 0. The van der Waals surface area contributed by atoms with E-state index in [9.17, 15) is 9.59 Å². The number of hydrogen-bond acceptors (Lipinski definition) is 6. The lowest BCUT2D eigenvalue weighted by Gasteiger charge is -2.41. The van der Waals surface area contributed by atoms with Crippen LogP contribution < -0.4 is 19.3 Å². The van der Waals surface area contributed by atoms with Crippen molar-refractivity contribution in [1.82, 2.24) is 9.80 Å². The Morgan fingerprint density at radius 1 is 0.833 bits per heavy atom. The zero-order chi connectivity index (χ0) is 25.3. The normalized spacial score (nSPS) is 20.0. The molecule has 0 radical (unpaired) electrons. The fourth-order valence-electron chi connectivity index (χ4n) is 5.95. The van der Waals surface area contributed by atoms with Crippen LogP contribution in [0.25, 0.3) is 0 Å². The molecule has 5 rings (SSSR count). The summed E-state index contributed by atoms with van der Waals surface area (Å²) in [5.74, 6) is 0.908. The first-order chi connectivity index (χ1) is 17.5. The van der Waals surface area contributed by atoms with Gasteiger partial charge in [0.25, 0.3) is 5.91 Å². The molecule has 2 aromatic rings. The molecule has 0 unspecified atom stereocenters. The largest absolute Gasteiger partial charge is 0.493 e. The molecule has 8 heteroatoms. The van der Waals surface area contributed by atoms with Gasteiger partial charge in [-0.1, -0.05) is 12.1 Å². The molecule has 192 valence electrons. The molecule has 0 bridgehead atoms. The number of benzene rings is 2. The highest BCUT2D eigenvalue weighted by atomic mass is 16.5. The van der Waals surface area contributed by atoms with E-state index in [-0.39, 0.29) is 11.9 Å². The van der Waals surface area contributed by atoms with Gasteiger partial charge in [-0.05, 0) is 62.4 Å². The quantitative estimate of drug-likeness (QED) is 0.542. The summed E-state index contributed by atoms with van der Waals surface area (Å²) in [6, 6.07) is 13.8. The highest BCUT2D eigenvalue weighted by Crippen LogP contribution is 2.41. The molecule has 0 aliphatic carbocycles. The van der Waals surface area contributed by atoms with Gasteiger partial charge in [0.15, 0.2) is 11.5 Å². The van der Waals surface area contributed by atoms with Gasteiger partial charge in [0.1, 0.15) is 5.54 Å². The van der Waals surface area contributed by atoms with Crippen LogP contribution in [0, 0.1) is 0 Å². The van der Waals surface area contributed by atoms with Crippen LogP contribution in [-0.4, -0.2) is 74.2 Å². The van der Waals surface area contributed by atoms with Crippen LogP contribution in [0.1, 0.15) is 38.2 Å². The Bertz CT molecular complexity index is 1110. The Balaban J connectivity index is 1.29. The van der Waals surface area contributed by atoms with E-state index in [1.807, 2.05) is 6.92 Å². The second-order valence-corrected chi connectivity index (χ2v) is 9.88. The van der Waals surface area contributed by atoms with E-state index in [1.54, 1.807) is 37.3 Å². The molecule has 0 N–H and O–H groups in total. The number of likely N-dealkylation sites (N-methyl/N-ethyl adjacent to an activating group) is 1. The monoisotopic (exact) mass is 492 g/mol. The number of ether oxygens (including phenoxy) is 2. The fourth-order valence-corrected chi connectivity index (χ4v) is 5.95. The van der Waals surface area contributed by atoms with Crippen molar-refractivity contribution in [1.29, 1.82) is 0 Å². The number of methoxy groups -OCH3 is 2. The molecule has 0 saturated carbocycles. The zero-order valence-electron chi connectivity index (χ0n) is 21.5. The van der Waals surface area contributed by atoms with Gasteiger partial charge in [0, 0.05) is 51.0 Å². The van der Waals surface area contributed by atoms with Crippen molar-refractivity contribution in [3.05, 3.63) is 48.0 Å². The van der Waals surface area contributed by atoms with Crippen LogP contribution >= 0.6 is 0 Å². The SMILES string of the molecule is CCN1C(=O)N(c2ccc(OC)c(OC)c2)C(=O)C12CCN(Cc1ccc(N3CCCC3)cc1)CC2. The highest BCUT2D eigenvalue weighted by molar-refractivity contribution is 6.23. The number of piperidine rings is 1. The van der Waals surface area contributed by atoms with Crippen LogP contribution in [0.4, 0.5) is 16.2 Å². The molecule has 0 atom stereocenters. The maximum absolute atomic E-state index is 13.8. The summed E-state index contributed by atoms with van der Waals surface area (Å²) in [7, 11) is 3.11. The van der Waals surface area contributed by atoms with E-state index in [0.717, 1.165) is 32.7 Å². The van der Waals surface area contributed by atoms with Crippen molar-refractivity contribution < 1.29 is 19.1 Å². The number of rotatable bonds is 7. The molecule has 3 heterocycles. The van der Waals surface area contributed by atoms with Gasteiger partial charge >= 0.3 is 6.03 Å². The first kappa shape index (κ1) is 24.4. The lowest BCUT2D eigenvalue weighted by atomic mass is 9.85. The number of carbonyl (C=O) groups is 2. The van der Waals surface area contributed by atoms with Gasteiger partial charge in [-0.15, -0.1) is 0 Å². The van der Waals surface area contributed by atoms with E-state index in [1.165, 1.54) is 29.0 Å². The molecular weight excluding hydrogens is 456 g/mol. The maximum Gasteiger partial charge on any atom is 0.332 e. The topological polar surface area (TPSA) is 65.6 Å². The molecule has 3 aliphatic rings. The van der Waals surface area contributed by atoms with E-state index < -0.39 is 5.54 Å². The number of anilines is 2. The van der Waals surface area contributed by atoms with Gasteiger partial charge in [-0.3, -0.25) is 9.69 Å². The number of imide groups is 1. The van der Waals surface area contributed by atoms with Crippen molar-refractivity contribution in [2.24, 2.45) is 0 Å². The minimum Gasteiger partial charge on any atom is -0.493 e. The molecule has 3 fully saturated rings. The lowest BCUT2D eigenvalue weighted by molar-refractivity contribution is -0.127. The number of amides is 3. The summed E-state index contributed by atoms with van der Waals surface area (Å²) in [5.41, 5.74) is 2.30. The molecule has 36 heavy (non-hydrogen) atoms. The number of carbonyl (C=O) groups excluding carboxylic acids is 2. The average Bonchev–Trinajstić information content (AvgIpc) is 3.51. The second kappa shape index (κ2) is 10.0. The predicted octanol–water partition coefficient (Wildman–Crippen LogP) is 4.13. The molecule has 0 aromatic heterocycles. The Kier molecular flexibility index (Phi) is 6.79. The third-order valence-corrected chi connectivity index (χ3v) is 7.98. The first-order valence-corrected chi connectivity index (χ1v) is 12.9. The first-order valence-electron chi connectivity index (χ1n) is 12.9.